The van der Waals surface area contributed by atoms with Gasteiger partial charge in [-0.15, -0.1) is 0 Å². The van der Waals surface area contributed by atoms with Crippen LogP contribution in [-0.2, 0) is 0 Å². The lowest BCUT2D eigenvalue weighted by Crippen LogP contribution is -2.50. The number of benzene rings is 2. The fourth-order valence-electron chi connectivity index (χ4n) is 4.27. The fourth-order valence-corrected chi connectivity index (χ4v) is 4.27. The number of piperazine rings is 1. The van der Waals surface area contributed by atoms with Crippen molar-refractivity contribution in [1.82, 2.24) is 9.80 Å². The lowest BCUT2D eigenvalue weighted by molar-refractivity contribution is 0.0534. The average Bonchev–Trinajstić information content (AvgIpc) is 2.91. The van der Waals surface area contributed by atoms with Crippen LogP contribution in [0.2, 0.25) is 0 Å². The number of hydrogen-bond acceptors (Lipinski definition) is 8. The van der Waals surface area contributed by atoms with Crippen molar-refractivity contribution in [1.29, 1.82) is 0 Å². The van der Waals surface area contributed by atoms with E-state index in [1.807, 2.05) is 0 Å². The zero-order valence-electron chi connectivity index (χ0n) is 19.1. The highest BCUT2D eigenvalue weighted by Gasteiger charge is 2.29. The van der Waals surface area contributed by atoms with Crippen LogP contribution >= 0.6 is 0 Å². The van der Waals surface area contributed by atoms with E-state index < -0.39 is 0 Å². The molecule has 3 aliphatic heterocycles. The number of rotatable bonds is 4. The quantitative estimate of drug-likeness (QED) is 0.668. The maximum atomic E-state index is 13.2. The summed E-state index contributed by atoms with van der Waals surface area (Å²) in [5.74, 6) is 2.63. The van der Waals surface area contributed by atoms with Gasteiger partial charge in [0, 0.05) is 37.3 Å². The van der Waals surface area contributed by atoms with Gasteiger partial charge in [0.05, 0.1) is 14.2 Å². The molecule has 1 saturated heterocycles. The van der Waals surface area contributed by atoms with Gasteiger partial charge >= 0.3 is 0 Å². The second-order valence-corrected chi connectivity index (χ2v) is 7.99. The van der Waals surface area contributed by atoms with E-state index >= 15 is 0 Å². The summed E-state index contributed by atoms with van der Waals surface area (Å²) in [5, 5.41) is 0. The van der Waals surface area contributed by atoms with Gasteiger partial charge in [-0.2, -0.15) is 0 Å². The second-order valence-electron chi connectivity index (χ2n) is 7.99. The highest BCUT2D eigenvalue weighted by Crippen LogP contribution is 2.41. The third-order valence-corrected chi connectivity index (χ3v) is 6.00. The van der Waals surface area contributed by atoms with E-state index in [0.717, 1.165) is 0 Å². The monoisotopic (exact) mass is 470 g/mol. The summed E-state index contributed by atoms with van der Waals surface area (Å²) in [4.78, 5) is 29.8. The number of fused-ring (bicyclic) bond motifs is 2. The van der Waals surface area contributed by atoms with E-state index in [1.165, 1.54) is 14.2 Å². The highest BCUT2D eigenvalue weighted by molar-refractivity contribution is 5.97. The van der Waals surface area contributed by atoms with Crippen molar-refractivity contribution in [3.8, 4) is 34.5 Å². The molecule has 34 heavy (non-hydrogen) atoms. The Kier molecular flexibility index (Phi) is 5.95. The first-order valence-corrected chi connectivity index (χ1v) is 11.1. The van der Waals surface area contributed by atoms with E-state index in [1.54, 1.807) is 34.1 Å². The number of methoxy groups -OCH3 is 2. The van der Waals surface area contributed by atoms with Gasteiger partial charge in [0.2, 0.25) is 11.5 Å². The Balaban J connectivity index is 1.28. The van der Waals surface area contributed by atoms with Crippen LogP contribution in [0.25, 0.3) is 0 Å². The minimum absolute atomic E-state index is 0.150. The molecule has 180 valence electrons. The molecular weight excluding hydrogens is 444 g/mol. The standard InChI is InChI=1S/C24H26N2O8/c1-29-17-11-15(13-19-21(17)33-9-7-31-19)23(27)25-3-5-26(6-4-25)24(28)16-12-18(30-2)22-20(14-16)32-8-10-34-22/h11-14H,3-10H2,1-2H3. The summed E-state index contributed by atoms with van der Waals surface area (Å²) in [6.07, 6.45) is 0. The molecule has 0 bridgehead atoms. The predicted octanol–water partition coefficient (Wildman–Crippen LogP) is 1.84. The molecule has 2 aromatic carbocycles. The first kappa shape index (κ1) is 22.0. The van der Waals surface area contributed by atoms with E-state index in [-0.39, 0.29) is 11.8 Å². The van der Waals surface area contributed by atoms with Gasteiger partial charge in [0.25, 0.3) is 11.8 Å². The molecule has 0 aliphatic carbocycles. The SMILES string of the molecule is COc1cc(C(=O)N2CCN(C(=O)c3cc(OC)c4c(c3)OCCO4)CC2)cc2c1OCCO2. The van der Waals surface area contributed by atoms with Crippen LogP contribution in [-0.4, -0.2) is 88.4 Å². The molecule has 10 heteroatoms. The molecule has 3 aliphatic rings. The van der Waals surface area contributed by atoms with Gasteiger partial charge in [0.15, 0.2) is 23.0 Å². The Morgan fingerprint density at radius 3 is 1.41 bits per heavy atom. The summed E-state index contributed by atoms with van der Waals surface area (Å²) in [6.45, 7) is 3.32. The van der Waals surface area contributed by atoms with Crippen LogP contribution in [0.1, 0.15) is 20.7 Å². The normalized spacial score (nSPS) is 16.6. The van der Waals surface area contributed by atoms with Crippen LogP contribution in [0.15, 0.2) is 24.3 Å². The fraction of sp³-hybridized carbons (Fsp3) is 0.417. The predicted molar refractivity (Wildman–Crippen MR) is 120 cm³/mol. The van der Waals surface area contributed by atoms with Crippen LogP contribution in [0, 0.1) is 0 Å². The number of amides is 2. The number of carbonyl (C=O) groups excluding carboxylic acids is 2. The van der Waals surface area contributed by atoms with Crippen LogP contribution in [0.4, 0.5) is 0 Å². The smallest absolute Gasteiger partial charge is 0.254 e. The third kappa shape index (κ3) is 4.00. The molecule has 3 heterocycles. The number of ether oxygens (including phenoxy) is 6. The summed E-state index contributed by atoms with van der Waals surface area (Å²) in [5.41, 5.74) is 0.912. The zero-order chi connectivity index (χ0) is 23.7. The van der Waals surface area contributed by atoms with Crippen molar-refractivity contribution in [3.63, 3.8) is 0 Å². The van der Waals surface area contributed by atoms with Crippen molar-refractivity contribution in [3.05, 3.63) is 35.4 Å². The van der Waals surface area contributed by atoms with Crippen LogP contribution in [0.3, 0.4) is 0 Å². The highest BCUT2D eigenvalue weighted by atomic mass is 16.6. The summed E-state index contributed by atoms with van der Waals surface area (Å²) in [6, 6.07) is 6.68. The molecule has 0 N–H and O–H groups in total. The molecule has 5 rings (SSSR count). The third-order valence-electron chi connectivity index (χ3n) is 6.00. The number of carbonyl (C=O) groups is 2. The van der Waals surface area contributed by atoms with Gasteiger partial charge in [-0.1, -0.05) is 0 Å². The molecular formula is C24H26N2O8. The number of nitrogens with zero attached hydrogens (tertiary/aromatic N) is 2. The second kappa shape index (κ2) is 9.20. The molecule has 0 saturated carbocycles. The molecule has 0 spiro atoms. The van der Waals surface area contributed by atoms with Crippen LogP contribution < -0.4 is 28.4 Å². The molecule has 2 amide bonds. The topological polar surface area (TPSA) is 96.0 Å². The van der Waals surface area contributed by atoms with E-state index in [0.29, 0.717) is 98.2 Å². The Morgan fingerprint density at radius 1 is 0.647 bits per heavy atom. The van der Waals surface area contributed by atoms with E-state index in [4.69, 9.17) is 28.4 Å². The van der Waals surface area contributed by atoms with Crippen molar-refractivity contribution >= 4 is 11.8 Å². The molecule has 2 aromatic rings. The molecule has 10 nitrogen and oxygen atoms in total. The van der Waals surface area contributed by atoms with Crippen LogP contribution in [0.5, 0.6) is 34.5 Å². The summed E-state index contributed by atoms with van der Waals surface area (Å²) >= 11 is 0. The van der Waals surface area contributed by atoms with Gasteiger partial charge in [-0.25, -0.2) is 0 Å². The summed E-state index contributed by atoms with van der Waals surface area (Å²) in [7, 11) is 3.05. The summed E-state index contributed by atoms with van der Waals surface area (Å²) < 4.78 is 33.3. The Labute approximate surface area is 196 Å². The maximum absolute atomic E-state index is 13.2. The van der Waals surface area contributed by atoms with Gasteiger partial charge in [-0.3, -0.25) is 9.59 Å². The average molecular weight is 470 g/mol. The Morgan fingerprint density at radius 2 is 1.03 bits per heavy atom. The molecule has 0 aromatic heterocycles. The minimum Gasteiger partial charge on any atom is -0.493 e. The molecule has 0 atom stereocenters. The lowest BCUT2D eigenvalue weighted by atomic mass is 10.1. The molecule has 0 unspecified atom stereocenters. The van der Waals surface area contributed by atoms with E-state index in [9.17, 15) is 9.59 Å². The molecule has 0 radical (unpaired) electrons. The van der Waals surface area contributed by atoms with Gasteiger partial charge in [-0.05, 0) is 24.3 Å². The zero-order valence-corrected chi connectivity index (χ0v) is 19.1. The minimum atomic E-state index is -0.150. The number of hydrogen-bond donors (Lipinski definition) is 0. The van der Waals surface area contributed by atoms with Crippen molar-refractivity contribution in [2.75, 3.05) is 66.8 Å². The lowest BCUT2D eigenvalue weighted by Gasteiger charge is -2.35. The van der Waals surface area contributed by atoms with Crippen molar-refractivity contribution < 1.29 is 38.0 Å². The largest absolute Gasteiger partial charge is 0.493 e. The Bertz CT molecular complexity index is 989. The first-order valence-electron chi connectivity index (χ1n) is 11.1. The maximum Gasteiger partial charge on any atom is 0.254 e. The van der Waals surface area contributed by atoms with Crippen molar-refractivity contribution in [2.24, 2.45) is 0 Å². The van der Waals surface area contributed by atoms with Crippen molar-refractivity contribution in [2.45, 2.75) is 0 Å². The first-order chi connectivity index (χ1) is 16.6. The van der Waals surface area contributed by atoms with Gasteiger partial charge < -0.3 is 38.2 Å². The van der Waals surface area contributed by atoms with E-state index in [2.05, 4.69) is 0 Å². The molecule has 1 fully saturated rings. The van der Waals surface area contributed by atoms with Gasteiger partial charge in [0.1, 0.15) is 26.4 Å². The Hall–Kier alpha value is -3.82.